The number of carbonyl (C=O) groups is 1. The van der Waals surface area contributed by atoms with Gasteiger partial charge in [0.1, 0.15) is 0 Å². The van der Waals surface area contributed by atoms with Gasteiger partial charge in [-0.3, -0.25) is 4.79 Å². The van der Waals surface area contributed by atoms with Crippen molar-refractivity contribution in [2.24, 2.45) is 0 Å². The molecule has 0 saturated heterocycles. The van der Waals surface area contributed by atoms with Crippen LogP contribution >= 0.6 is 11.8 Å². The second-order valence-corrected chi connectivity index (χ2v) is 3.29. The van der Waals surface area contributed by atoms with Crippen molar-refractivity contribution in [3.05, 3.63) is 18.3 Å². The number of thioether (sulfide) groups is 1. The maximum Gasteiger partial charge on any atom is 0.316 e. The van der Waals surface area contributed by atoms with E-state index in [0.717, 1.165) is 5.03 Å². The number of carbonyl (C=O) groups excluding carboxylic acids is 1. The van der Waals surface area contributed by atoms with E-state index in [4.69, 9.17) is 5.73 Å². The van der Waals surface area contributed by atoms with Gasteiger partial charge in [-0.1, -0.05) is 11.8 Å². The third-order valence-electron chi connectivity index (χ3n) is 1.32. The molecule has 0 aliphatic rings. The van der Waals surface area contributed by atoms with Crippen LogP contribution < -0.4 is 5.73 Å². The predicted octanol–water partition coefficient (Wildman–Crippen LogP) is 0.929. The molecule has 1 rings (SSSR count). The zero-order valence-corrected chi connectivity index (χ0v) is 8.00. The van der Waals surface area contributed by atoms with Crippen molar-refractivity contribution >= 4 is 23.4 Å². The highest BCUT2D eigenvalue weighted by molar-refractivity contribution is 7.99. The van der Waals surface area contributed by atoms with Gasteiger partial charge in [0.05, 0.1) is 17.9 Å². The average Bonchev–Trinajstić information content (AvgIpc) is 2.14. The van der Waals surface area contributed by atoms with Gasteiger partial charge in [0.2, 0.25) is 0 Å². The first-order chi connectivity index (χ1) is 6.22. The maximum absolute atomic E-state index is 10.8. The maximum atomic E-state index is 10.8. The zero-order chi connectivity index (χ0) is 9.68. The Balaban J connectivity index is 2.50. The summed E-state index contributed by atoms with van der Waals surface area (Å²) in [5, 5.41) is 0.727. The Bertz CT molecular complexity index is 304. The Morgan fingerprint density at radius 2 is 2.54 bits per heavy atom. The summed E-state index contributed by atoms with van der Waals surface area (Å²) in [6.07, 6.45) is 1.61. The Labute approximate surface area is 80.5 Å². The fraction of sp³-hybridized carbons (Fsp3) is 0.250. The lowest BCUT2D eigenvalue weighted by Gasteiger charge is -1.99. The molecule has 0 amide bonds. The van der Waals surface area contributed by atoms with Gasteiger partial charge in [-0.25, -0.2) is 4.98 Å². The molecule has 1 aromatic heterocycles. The summed E-state index contributed by atoms with van der Waals surface area (Å²) in [5.74, 6) is -0.0123. The Kier molecular flexibility index (Phi) is 3.57. The van der Waals surface area contributed by atoms with Crippen molar-refractivity contribution in [3.63, 3.8) is 0 Å². The fourth-order valence-corrected chi connectivity index (χ4v) is 1.43. The predicted molar refractivity (Wildman–Crippen MR) is 51.4 cm³/mol. The first-order valence-corrected chi connectivity index (χ1v) is 4.62. The highest BCUT2D eigenvalue weighted by Crippen LogP contribution is 2.16. The number of nitrogen functional groups attached to an aromatic ring is 1. The summed E-state index contributed by atoms with van der Waals surface area (Å²) in [6, 6.07) is 3.41. The van der Waals surface area contributed by atoms with Gasteiger partial charge in [0.25, 0.3) is 0 Å². The molecule has 0 radical (unpaired) electrons. The van der Waals surface area contributed by atoms with Crippen molar-refractivity contribution in [3.8, 4) is 0 Å². The van der Waals surface area contributed by atoms with Gasteiger partial charge in [-0.05, 0) is 12.1 Å². The average molecular weight is 198 g/mol. The molecule has 0 unspecified atom stereocenters. The summed E-state index contributed by atoms with van der Waals surface area (Å²) in [7, 11) is 1.36. The summed E-state index contributed by atoms with van der Waals surface area (Å²) in [6.45, 7) is 0. The number of anilines is 1. The molecule has 0 fully saturated rings. The Morgan fingerprint density at radius 1 is 1.77 bits per heavy atom. The summed E-state index contributed by atoms with van der Waals surface area (Å²) in [4.78, 5) is 14.8. The zero-order valence-electron chi connectivity index (χ0n) is 7.19. The van der Waals surface area contributed by atoms with Crippen molar-refractivity contribution < 1.29 is 9.53 Å². The number of hydrogen-bond acceptors (Lipinski definition) is 5. The minimum absolute atomic E-state index is 0.257. The van der Waals surface area contributed by atoms with Gasteiger partial charge in [-0.15, -0.1) is 0 Å². The minimum Gasteiger partial charge on any atom is -0.468 e. The SMILES string of the molecule is COC(=O)CSc1cc(N)ccn1. The number of methoxy groups -OCH3 is 1. The van der Waals surface area contributed by atoms with Crippen molar-refractivity contribution in [1.82, 2.24) is 4.98 Å². The van der Waals surface area contributed by atoms with Crippen LogP contribution in [0.25, 0.3) is 0 Å². The van der Waals surface area contributed by atoms with E-state index in [1.165, 1.54) is 18.9 Å². The fourth-order valence-electron chi connectivity index (χ4n) is 0.695. The number of rotatable bonds is 3. The molecular formula is C8H10N2O2S. The second kappa shape index (κ2) is 4.71. The smallest absolute Gasteiger partial charge is 0.316 e. The molecule has 0 bridgehead atoms. The van der Waals surface area contributed by atoms with Crippen LogP contribution in [0.15, 0.2) is 23.4 Å². The molecular weight excluding hydrogens is 188 g/mol. The minimum atomic E-state index is -0.269. The Morgan fingerprint density at radius 3 is 3.15 bits per heavy atom. The first-order valence-electron chi connectivity index (χ1n) is 3.63. The summed E-state index contributed by atoms with van der Waals surface area (Å²) in [5.41, 5.74) is 6.17. The van der Waals surface area contributed by atoms with Gasteiger partial charge in [0.15, 0.2) is 0 Å². The van der Waals surface area contributed by atoms with Crippen LogP contribution in [0.1, 0.15) is 0 Å². The highest BCUT2D eigenvalue weighted by atomic mass is 32.2. The van der Waals surface area contributed by atoms with Crippen molar-refractivity contribution in [1.29, 1.82) is 0 Å². The van der Waals surface area contributed by atoms with E-state index in [1.54, 1.807) is 18.3 Å². The number of esters is 1. The number of hydrogen-bond donors (Lipinski definition) is 1. The molecule has 70 valence electrons. The van der Waals surface area contributed by atoms with E-state index in [9.17, 15) is 4.79 Å². The van der Waals surface area contributed by atoms with E-state index in [2.05, 4.69) is 9.72 Å². The summed E-state index contributed by atoms with van der Waals surface area (Å²) < 4.78 is 4.48. The first kappa shape index (κ1) is 9.85. The number of nitrogens with zero attached hydrogens (tertiary/aromatic N) is 1. The third-order valence-corrected chi connectivity index (χ3v) is 2.22. The number of ether oxygens (including phenoxy) is 1. The van der Waals surface area contributed by atoms with E-state index in [0.29, 0.717) is 5.69 Å². The van der Waals surface area contributed by atoms with Gasteiger partial charge >= 0.3 is 5.97 Å². The normalized spacial score (nSPS) is 9.62. The molecule has 0 atom stereocenters. The second-order valence-electron chi connectivity index (χ2n) is 2.29. The van der Waals surface area contributed by atoms with E-state index >= 15 is 0 Å². The molecule has 5 heteroatoms. The van der Waals surface area contributed by atoms with Crippen LogP contribution in [0.3, 0.4) is 0 Å². The van der Waals surface area contributed by atoms with Crippen LogP contribution in [0.5, 0.6) is 0 Å². The van der Waals surface area contributed by atoms with Crippen LogP contribution in [0.2, 0.25) is 0 Å². The lowest BCUT2D eigenvalue weighted by atomic mass is 10.4. The highest BCUT2D eigenvalue weighted by Gasteiger charge is 2.02. The third kappa shape index (κ3) is 3.33. The number of aromatic nitrogens is 1. The monoisotopic (exact) mass is 198 g/mol. The lowest BCUT2D eigenvalue weighted by molar-refractivity contribution is -0.137. The largest absolute Gasteiger partial charge is 0.468 e. The van der Waals surface area contributed by atoms with Crippen molar-refractivity contribution in [2.45, 2.75) is 5.03 Å². The Hall–Kier alpha value is -1.23. The molecule has 0 aliphatic carbocycles. The molecule has 4 nitrogen and oxygen atoms in total. The standard InChI is InChI=1S/C8H10N2O2S/c1-12-8(11)5-13-7-4-6(9)2-3-10-7/h2-4H,5H2,1H3,(H2,9,10). The molecule has 0 aromatic carbocycles. The van der Waals surface area contributed by atoms with E-state index in [-0.39, 0.29) is 11.7 Å². The molecule has 1 heterocycles. The van der Waals surface area contributed by atoms with Gasteiger partial charge in [0, 0.05) is 11.9 Å². The molecule has 1 aromatic rings. The molecule has 13 heavy (non-hydrogen) atoms. The number of pyridine rings is 1. The van der Waals surface area contributed by atoms with E-state index < -0.39 is 0 Å². The van der Waals surface area contributed by atoms with E-state index in [1.807, 2.05) is 0 Å². The number of nitrogens with two attached hydrogens (primary N) is 1. The molecule has 0 spiro atoms. The van der Waals surface area contributed by atoms with Crippen LogP contribution in [-0.4, -0.2) is 23.8 Å². The quantitative estimate of drug-likeness (QED) is 0.578. The molecule has 2 N–H and O–H groups in total. The van der Waals surface area contributed by atoms with Crippen LogP contribution in [0, 0.1) is 0 Å². The van der Waals surface area contributed by atoms with Crippen LogP contribution in [0.4, 0.5) is 5.69 Å². The molecule has 0 aliphatic heterocycles. The summed E-state index contributed by atoms with van der Waals surface area (Å²) >= 11 is 1.30. The van der Waals surface area contributed by atoms with Crippen LogP contribution in [-0.2, 0) is 9.53 Å². The van der Waals surface area contributed by atoms with Gasteiger partial charge < -0.3 is 10.5 Å². The molecule has 0 saturated carbocycles. The van der Waals surface area contributed by atoms with Gasteiger partial charge in [-0.2, -0.15) is 0 Å². The van der Waals surface area contributed by atoms with Crippen molar-refractivity contribution in [2.75, 3.05) is 18.6 Å². The topological polar surface area (TPSA) is 65.2 Å². The lowest BCUT2D eigenvalue weighted by Crippen LogP contribution is -2.03.